The fourth-order valence-electron chi connectivity index (χ4n) is 3.40. The van der Waals surface area contributed by atoms with Crippen molar-refractivity contribution in [3.05, 3.63) is 45.2 Å². The van der Waals surface area contributed by atoms with Crippen LogP contribution in [0.3, 0.4) is 0 Å². The van der Waals surface area contributed by atoms with Gasteiger partial charge in [0.25, 0.3) is 11.5 Å². The molecule has 0 spiro atoms. The number of fused-ring (bicyclic) bond motifs is 1. The van der Waals surface area contributed by atoms with Crippen LogP contribution in [0.1, 0.15) is 32.3 Å². The number of pyridine rings is 1. The number of carbonyl (C=O) groups excluding carboxylic acids is 1. The molecule has 1 N–H and O–H groups in total. The summed E-state index contributed by atoms with van der Waals surface area (Å²) in [5, 5.41) is 3.22. The average Bonchev–Trinajstić information content (AvgIpc) is 3.28. The Morgan fingerprint density at radius 3 is 2.97 bits per heavy atom. The molecule has 1 amide bonds. The lowest BCUT2D eigenvalue weighted by molar-refractivity contribution is -0.123. The van der Waals surface area contributed by atoms with E-state index in [0.29, 0.717) is 32.8 Å². The molecule has 0 aromatic carbocycles. The number of hydrogen-bond donors (Lipinski definition) is 1. The molecule has 1 atom stereocenters. The molecule has 7 nitrogen and oxygen atoms in total. The molecule has 152 valence electrons. The van der Waals surface area contributed by atoms with Crippen LogP contribution in [0, 0.1) is 0 Å². The lowest BCUT2D eigenvalue weighted by Gasteiger charge is -2.18. The number of thiocarbonyl (C=S) groups is 1. The normalized spacial score (nSPS) is 21.1. The van der Waals surface area contributed by atoms with E-state index >= 15 is 0 Å². The second-order valence-corrected chi connectivity index (χ2v) is 9.01. The van der Waals surface area contributed by atoms with E-state index in [9.17, 15) is 9.59 Å². The number of carbonyl (C=O) groups is 1. The van der Waals surface area contributed by atoms with Crippen molar-refractivity contribution in [2.24, 2.45) is 0 Å². The second kappa shape index (κ2) is 8.25. The van der Waals surface area contributed by atoms with E-state index in [0.717, 1.165) is 19.4 Å². The molecule has 29 heavy (non-hydrogen) atoms. The van der Waals surface area contributed by atoms with Crippen molar-refractivity contribution in [2.75, 3.05) is 18.5 Å². The topological polar surface area (TPSA) is 75.9 Å². The molecule has 2 aliphatic rings. The molecule has 2 aromatic rings. The summed E-state index contributed by atoms with van der Waals surface area (Å²) in [5.74, 6) is 0.268. The van der Waals surface area contributed by atoms with Gasteiger partial charge >= 0.3 is 0 Å². The molecule has 0 radical (unpaired) electrons. The first kappa shape index (κ1) is 20.1. The number of rotatable bonds is 5. The number of thioether (sulfide) groups is 1. The fraction of sp³-hybridized carbons (Fsp3) is 0.400. The number of amides is 1. The molecule has 2 aliphatic heterocycles. The first-order valence-electron chi connectivity index (χ1n) is 9.59. The van der Waals surface area contributed by atoms with Crippen molar-refractivity contribution in [1.29, 1.82) is 0 Å². The van der Waals surface area contributed by atoms with E-state index in [1.807, 2.05) is 19.9 Å². The number of hydrogen-bond acceptors (Lipinski definition) is 7. The highest BCUT2D eigenvalue weighted by atomic mass is 32.2. The molecular weight excluding hydrogens is 408 g/mol. The molecule has 0 bridgehead atoms. The van der Waals surface area contributed by atoms with Gasteiger partial charge in [-0.3, -0.25) is 18.9 Å². The fourth-order valence-corrected chi connectivity index (χ4v) is 4.65. The van der Waals surface area contributed by atoms with Gasteiger partial charge < -0.3 is 10.1 Å². The SMILES string of the molecule is CC(C)Nc1nc2ccccn2c(=O)c1/C=C1\SC(=S)N(C[C@@H]2CCCO2)C1=O. The summed E-state index contributed by atoms with van der Waals surface area (Å²) in [5.41, 5.74) is 0.659. The van der Waals surface area contributed by atoms with Crippen LogP contribution in [-0.4, -0.2) is 49.8 Å². The average molecular weight is 431 g/mol. The van der Waals surface area contributed by atoms with E-state index < -0.39 is 0 Å². The van der Waals surface area contributed by atoms with E-state index in [4.69, 9.17) is 17.0 Å². The zero-order chi connectivity index (χ0) is 20.5. The molecule has 2 aromatic heterocycles. The monoisotopic (exact) mass is 430 g/mol. The van der Waals surface area contributed by atoms with Crippen molar-refractivity contribution >= 4 is 51.7 Å². The Labute approximate surface area is 178 Å². The maximum atomic E-state index is 13.1. The van der Waals surface area contributed by atoms with Gasteiger partial charge in [0, 0.05) is 18.8 Å². The van der Waals surface area contributed by atoms with Gasteiger partial charge in [-0.1, -0.05) is 30.0 Å². The third-order valence-electron chi connectivity index (χ3n) is 4.75. The van der Waals surface area contributed by atoms with Gasteiger partial charge in [-0.15, -0.1) is 0 Å². The van der Waals surface area contributed by atoms with Gasteiger partial charge in [-0.05, 0) is 44.9 Å². The molecule has 2 saturated heterocycles. The largest absolute Gasteiger partial charge is 0.376 e. The van der Waals surface area contributed by atoms with Crippen molar-refractivity contribution in [3.63, 3.8) is 0 Å². The summed E-state index contributed by atoms with van der Waals surface area (Å²) in [4.78, 5) is 32.7. The second-order valence-electron chi connectivity index (χ2n) is 7.33. The Balaban J connectivity index is 1.73. The zero-order valence-corrected chi connectivity index (χ0v) is 17.9. The summed E-state index contributed by atoms with van der Waals surface area (Å²) in [6.07, 6.45) is 5.22. The van der Waals surface area contributed by atoms with Crippen LogP contribution in [0.5, 0.6) is 0 Å². The number of nitrogens with one attached hydrogen (secondary N) is 1. The molecule has 0 unspecified atom stereocenters. The minimum absolute atomic E-state index is 0.0166. The summed E-state index contributed by atoms with van der Waals surface area (Å²) in [7, 11) is 0. The van der Waals surface area contributed by atoms with Gasteiger partial charge in [0.1, 0.15) is 15.8 Å². The van der Waals surface area contributed by atoms with Crippen LogP contribution in [0.25, 0.3) is 11.7 Å². The minimum atomic E-state index is -0.233. The smallest absolute Gasteiger partial charge is 0.267 e. The molecule has 0 saturated carbocycles. The van der Waals surface area contributed by atoms with E-state index in [1.54, 1.807) is 29.3 Å². The Bertz CT molecular complexity index is 1060. The third kappa shape index (κ3) is 4.08. The van der Waals surface area contributed by atoms with Crippen LogP contribution in [0.2, 0.25) is 0 Å². The standard InChI is InChI=1S/C20H22N4O3S2/c1-12(2)21-17-14(18(25)23-8-4-3-7-16(23)22-17)10-15-19(26)24(20(28)29-15)11-13-6-5-9-27-13/h3-4,7-8,10,12-13,21H,5-6,9,11H2,1-2H3/b15-10-/t13-/m0/s1. The van der Waals surface area contributed by atoms with Gasteiger partial charge in [0.05, 0.1) is 23.1 Å². The Morgan fingerprint density at radius 2 is 2.24 bits per heavy atom. The van der Waals surface area contributed by atoms with Gasteiger partial charge in [-0.2, -0.15) is 0 Å². The Hall–Kier alpha value is -2.23. The van der Waals surface area contributed by atoms with Gasteiger partial charge in [0.15, 0.2) is 0 Å². The molecule has 9 heteroatoms. The molecule has 0 aliphatic carbocycles. The molecule has 2 fully saturated rings. The number of anilines is 1. The Morgan fingerprint density at radius 1 is 1.41 bits per heavy atom. The molecule has 4 rings (SSSR count). The predicted molar refractivity (Wildman–Crippen MR) is 119 cm³/mol. The first-order chi connectivity index (χ1) is 13.9. The summed E-state index contributed by atoms with van der Waals surface area (Å²) < 4.78 is 7.61. The number of nitrogens with zero attached hydrogens (tertiary/aromatic N) is 3. The lowest BCUT2D eigenvalue weighted by Crippen LogP contribution is -2.35. The zero-order valence-electron chi connectivity index (χ0n) is 16.3. The third-order valence-corrected chi connectivity index (χ3v) is 6.13. The van der Waals surface area contributed by atoms with E-state index in [-0.39, 0.29) is 23.6 Å². The summed E-state index contributed by atoms with van der Waals surface area (Å²) >= 11 is 6.63. The van der Waals surface area contributed by atoms with Crippen molar-refractivity contribution in [2.45, 2.75) is 38.8 Å². The quantitative estimate of drug-likeness (QED) is 0.577. The lowest BCUT2D eigenvalue weighted by atomic mass is 10.2. The van der Waals surface area contributed by atoms with Gasteiger partial charge in [-0.25, -0.2) is 4.98 Å². The summed E-state index contributed by atoms with van der Waals surface area (Å²) in [6.45, 7) is 5.12. The molecular formula is C20H22N4O3S2. The van der Waals surface area contributed by atoms with E-state index in [1.165, 1.54) is 16.2 Å². The number of aromatic nitrogens is 2. The number of ether oxygens (including phenoxy) is 1. The van der Waals surface area contributed by atoms with E-state index in [2.05, 4.69) is 10.3 Å². The van der Waals surface area contributed by atoms with Crippen molar-refractivity contribution in [3.8, 4) is 0 Å². The highest BCUT2D eigenvalue weighted by molar-refractivity contribution is 8.26. The predicted octanol–water partition coefficient (Wildman–Crippen LogP) is 2.90. The van der Waals surface area contributed by atoms with Crippen LogP contribution in [0.4, 0.5) is 5.82 Å². The van der Waals surface area contributed by atoms with Crippen LogP contribution in [-0.2, 0) is 9.53 Å². The maximum Gasteiger partial charge on any atom is 0.267 e. The summed E-state index contributed by atoms with van der Waals surface area (Å²) in [6, 6.07) is 5.46. The highest BCUT2D eigenvalue weighted by Gasteiger charge is 2.35. The Kier molecular flexibility index (Phi) is 5.71. The minimum Gasteiger partial charge on any atom is -0.376 e. The molecule has 4 heterocycles. The highest BCUT2D eigenvalue weighted by Crippen LogP contribution is 2.34. The van der Waals surface area contributed by atoms with Crippen LogP contribution in [0.15, 0.2) is 34.1 Å². The van der Waals surface area contributed by atoms with Crippen LogP contribution < -0.4 is 10.9 Å². The first-order valence-corrected chi connectivity index (χ1v) is 10.8. The maximum absolute atomic E-state index is 13.1. The van der Waals surface area contributed by atoms with Crippen molar-refractivity contribution < 1.29 is 9.53 Å². The van der Waals surface area contributed by atoms with Crippen LogP contribution >= 0.6 is 24.0 Å². The van der Waals surface area contributed by atoms with Crippen molar-refractivity contribution in [1.82, 2.24) is 14.3 Å². The van der Waals surface area contributed by atoms with Gasteiger partial charge in [0.2, 0.25) is 0 Å².